The van der Waals surface area contributed by atoms with Gasteiger partial charge in [-0.2, -0.15) is 0 Å². The van der Waals surface area contributed by atoms with Crippen LogP contribution in [0.4, 0.5) is 0 Å². The molecule has 1 atom stereocenters. The van der Waals surface area contributed by atoms with Crippen LogP contribution in [-0.2, 0) is 4.79 Å². The number of rotatable bonds is 7. The van der Waals surface area contributed by atoms with Gasteiger partial charge in [0, 0.05) is 16.5 Å². The Bertz CT molecular complexity index is 702. The van der Waals surface area contributed by atoms with Crippen LogP contribution >= 0.6 is 23.4 Å². The van der Waals surface area contributed by atoms with Crippen molar-refractivity contribution in [2.24, 2.45) is 0 Å². The predicted molar refractivity (Wildman–Crippen MR) is 102 cm³/mol. The van der Waals surface area contributed by atoms with E-state index in [2.05, 4.69) is 5.32 Å². The summed E-state index contributed by atoms with van der Waals surface area (Å²) in [7, 11) is 0. The van der Waals surface area contributed by atoms with Crippen LogP contribution in [0.15, 0.2) is 53.4 Å². The smallest absolute Gasteiger partial charge is 0.263 e. The third-order valence-electron chi connectivity index (χ3n) is 3.69. The average Bonchev–Trinajstić information content (AvgIpc) is 2.61. The molecule has 0 aliphatic carbocycles. The fraction of sp³-hybridized carbons (Fsp3) is 0.316. The maximum Gasteiger partial charge on any atom is 0.263 e. The van der Waals surface area contributed by atoms with Crippen LogP contribution in [0.25, 0.3) is 0 Å². The average molecular weight is 380 g/mol. The number of nitrogens with one attached hydrogen (secondary N) is 1. The summed E-state index contributed by atoms with van der Waals surface area (Å²) < 4.78 is 5.73. The first-order valence-electron chi connectivity index (χ1n) is 7.87. The molecule has 2 aromatic carbocycles. The van der Waals surface area contributed by atoms with Crippen LogP contribution in [0.3, 0.4) is 0 Å². The van der Waals surface area contributed by atoms with Crippen LogP contribution in [0, 0.1) is 0 Å². The molecule has 0 radical (unpaired) electrons. The summed E-state index contributed by atoms with van der Waals surface area (Å²) in [5.41, 5.74) is -0.314. The lowest BCUT2D eigenvalue weighted by molar-refractivity contribution is -0.134. The molecule has 0 bridgehead atoms. The summed E-state index contributed by atoms with van der Waals surface area (Å²) in [6.45, 7) is 3.47. The Kier molecular flexibility index (Phi) is 6.76. The molecule has 2 aromatic rings. The molecule has 0 fully saturated rings. The van der Waals surface area contributed by atoms with Crippen LogP contribution in [-0.4, -0.2) is 29.4 Å². The summed E-state index contributed by atoms with van der Waals surface area (Å²) in [4.78, 5) is 13.5. The van der Waals surface area contributed by atoms with Crippen molar-refractivity contribution in [1.29, 1.82) is 0 Å². The fourth-order valence-electron chi connectivity index (χ4n) is 2.19. The zero-order valence-corrected chi connectivity index (χ0v) is 16.0. The van der Waals surface area contributed by atoms with Gasteiger partial charge in [0.05, 0.1) is 6.10 Å². The number of benzene rings is 2. The first kappa shape index (κ1) is 19.6. The molecule has 0 saturated carbocycles. The minimum absolute atomic E-state index is 0.116. The monoisotopic (exact) mass is 379 g/mol. The van der Waals surface area contributed by atoms with Crippen LogP contribution < -0.4 is 10.1 Å². The largest absolute Gasteiger partial charge is 0.478 e. The number of carbonyl (C=O) groups is 1. The lowest BCUT2D eigenvalue weighted by atomic mass is 10.1. The Balaban J connectivity index is 1.91. The predicted octanol–water partition coefficient (Wildman–Crippen LogP) is 4.07. The summed E-state index contributed by atoms with van der Waals surface area (Å²) >= 11 is 7.48. The number of aliphatic hydroxyl groups is 1. The standard InChI is InChI=1S/C19H22ClNO3S/c1-19(2,24-15-8-6-14(20)7-9-15)18(23)21-12-17(22)13-4-10-16(25-3)11-5-13/h4-11,17,22H,12H2,1-3H3,(H,21,23)/t17-/m0/s1. The first-order valence-corrected chi connectivity index (χ1v) is 9.47. The van der Waals surface area contributed by atoms with Gasteiger partial charge in [-0.05, 0) is 62.1 Å². The fourth-order valence-corrected chi connectivity index (χ4v) is 2.72. The van der Waals surface area contributed by atoms with E-state index < -0.39 is 11.7 Å². The first-order chi connectivity index (χ1) is 11.8. The van der Waals surface area contributed by atoms with Gasteiger partial charge < -0.3 is 15.2 Å². The van der Waals surface area contributed by atoms with Gasteiger partial charge in [-0.3, -0.25) is 4.79 Å². The SMILES string of the molecule is CSc1ccc([C@@H](O)CNC(=O)C(C)(C)Oc2ccc(Cl)cc2)cc1. The van der Waals surface area contributed by atoms with E-state index >= 15 is 0 Å². The topological polar surface area (TPSA) is 58.6 Å². The van der Waals surface area contributed by atoms with Crippen molar-refractivity contribution in [2.75, 3.05) is 12.8 Å². The lowest BCUT2D eigenvalue weighted by Gasteiger charge is -2.26. The number of aliphatic hydroxyl groups excluding tert-OH is 1. The quantitative estimate of drug-likeness (QED) is 0.712. The van der Waals surface area contributed by atoms with Gasteiger partial charge in [-0.25, -0.2) is 0 Å². The number of amides is 1. The maximum absolute atomic E-state index is 12.4. The van der Waals surface area contributed by atoms with E-state index in [4.69, 9.17) is 16.3 Å². The number of hydrogen-bond donors (Lipinski definition) is 2. The molecule has 0 saturated heterocycles. The summed E-state index contributed by atoms with van der Waals surface area (Å²) in [5.74, 6) is 0.250. The van der Waals surface area contributed by atoms with Crippen molar-refractivity contribution in [3.63, 3.8) is 0 Å². The van der Waals surface area contributed by atoms with E-state index in [9.17, 15) is 9.90 Å². The van der Waals surface area contributed by atoms with Gasteiger partial charge in [0.2, 0.25) is 0 Å². The number of hydrogen-bond acceptors (Lipinski definition) is 4. The van der Waals surface area contributed by atoms with Crippen LogP contribution in [0.5, 0.6) is 5.75 Å². The highest BCUT2D eigenvalue weighted by Gasteiger charge is 2.30. The molecule has 0 aromatic heterocycles. The lowest BCUT2D eigenvalue weighted by Crippen LogP contribution is -2.47. The van der Waals surface area contributed by atoms with Gasteiger partial charge in [-0.15, -0.1) is 11.8 Å². The highest BCUT2D eigenvalue weighted by atomic mass is 35.5. The van der Waals surface area contributed by atoms with Gasteiger partial charge in [0.1, 0.15) is 5.75 Å². The minimum Gasteiger partial charge on any atom is -0.478 e. The van der Waals surface area contributed by atoms with Crippen LogP contribution in [0.1, 0.15) is 25.5 Å². The van der Waals surface area contributed by atoms with E-state index in [1.807, 2.05) is 30.5 Å². The van der Waals surface area contributed by atoms with Gasteiger partial charge in [0.25, 0.3) is 5.91 Å². The molecule has 2 N–H and O–H groups in total. The maximum atomic E-state index is 12.4. The van der Waals surface area contributed by atoms with E-state index in [1.54, 1.807) is 49.9 Å². The van der Waals surface area contributed by atoms with Gasteiger partial charge >= 0.3 is 0 Å². The second kappa shape index (κ2) is 8.61. The molecule has 1 amide bonds. The molecule has 0 heterocycles. The third kappa shape index (κ3) is 5.66. The molecule has 0 aliphatic heterocycles. The third-order valence-corrected chi connectivity index (χ3v) is 4.69. The Morgan fingerprint density at radius 2 is 1.80 bits per heavy atom. The molecule has 6 heteroatoms. The van der Waals surface area contributed by atoms with Crippen LogP contribution in [0.2, 0.25) is 5.02 Å². The molecule has 134 valence electrons. The van der Waals surface area contributed by atoms with Gasteiger partial charge in [-0.1, -0.05) is 23.7 Å². The Labute approximate surface area is 157 Å². The molecule has 4 nitrogen and oxygen atoms in total. The van der Waals surface area contributed by atoms with E-state index in [0.717, 1.165) is 10.5 Å². The van der Waals surface area contributed by atoms with Crippen molar-refractivity contribution in [3.05, 3.63) is 59.1 Å². The number of thioether (sulfide) groups is 1. The molecule has 0 spiro atoms. The molecule has 25 heavy (non-hydrogen) atoms. The second-order valence-corrected chi connectivity index (χ2v) is 7.38. The highest BCUT2D eigenvalue weighted by Crippen LogP contribution is 2.22. The Hall–Kier alpha value is -1.69. The molecular weight excluding hydrogens is 358 g/mol. The van der Waals surface area contributed by atoms with E-state index in [0.29, 0.717) is 10.8 Å². The molecule has 0 aliphatic rings. The summed E-state index contributed by atoms with van der Waals surface area (Å²) in [6, 6.07) is 14.4. The van der Waals surface area contributed by atoms with E-state index in [-0.39, 0.29) is 12.5 Å². The summed E-state index contributed by atoms with van der Waals surface area (Å²) in [6.07, 6.45) is 1.22. The van der Waals surface area contributed by atoms with E-state index in [1.165, 1.54) is 0 Å². The highest BCUT2D eigenvalue weighted by molar-refractivity contribution is 7.98. The number of carbonyl (C=O) groups excluding carboxylic acids is 1. The normalized spacial score (nSPS) is 12.5. The van der Waals surface area contributed by atoms with Crippen molar-refractivity contribution < 1.29 is 14.6 Å². The molecular formula is C19H22ClNO3S. The second-order valence-electron chi connectivity index (χ2n) is 6.07. The molecule has 0 unspecified atom stereocenters. The van der Waals surface area contributed by atoms with Crippen molar-refractivity contribution in [3.8, 4) is 5.75 Å². The van der Waals surface area contributed by atoms with Gasteiger partial charge in [0.15, 0.2) is 5.60 Å². The Morgan fingerprint density at radius 3 is 2.36 bits per heavy atom. The zero-order valence-electron chi connectivity index (χ0n) is 14.5. The minimum atomic E-state index is -1.07. The number of halogens is 1. The van der Waals surface area contributed by atoms with Crippen molar-refractivity contribution in [1.82, 2.24) is 5.32 Å². The number of ether oxygens (including phenoxy) is 1. The van der Waals surface area contributed by atoms with Crippen molar-refractivity contribution >= 4 is 29.3 Å². The Morgan fingerprint density at radius 1 is 1.20 bits per heavy atom. The summed E-state index contributed by atoms with van der Waals surface area (Å²) in [5, 5.41) is 13.6. The molecule has 2 rings (SSSR count). The zero-order chi connectivity index (χ0) is 18.4. The van der Waals surface area contributed by atoms with Crippen molar-refractivity contribution in [2.45, 2.75) is 30.4 Å².